The summed E-state index contributed by atoms with van der Waals surface area (Å²) in [4.78, 5) is 25.3. The first-order valence-electron chi connectivity index (χ1n) is 22.5. The van der Waals surface area contributed by atoms with Crippen molar-refractivity contribution in [1.29, 1.82) is 0 Å². The van der Waals surface area contributed by atoms with Gasteiger partial charge in [-0.25, -0.2) is 0 Å². The predicted octanol–water partition coefficient (Wildman–Crippen LogP) is 9.11. The summed E-state index contributed by atoms with van der Waals surface area (Å²) in [5.41, 5.74) is 0. The van der Waals surface area contributed by atoms with E-state index < -0.39 is 71.2 Å². The molecule has 2 unspecified atom stereocenters. The average molecular weight is 867 g/mol. The maximum absolute atomic E-state index is 12.8. The smallest absolute Gasteiger partial charge is 0.306 e. The first-order valence-corrected chi connectivity index (χ1v) is 24.1. The van der Waals surface area contributed by atoms with E-state index in [1.165, 1.54) is 44.9 Å². The van der Waals surface area contributed by atoms with Gasteiger partial charge in [0.05, 0.1) is 6.61 Å². The van der Waals surface area contributed by atoms with Crippen molar-refractivity contribution in [1.82, 2.24) is 0 Å². The van der Waals surface area contributed by atoms with Gasteiger partial charge in [0.25, 0.3) is 10.1 Å². The molecule has 60 heavy (non-hydrogen) atoms. The van der Waals surface area contributed by atoms with Gasteiger partial charge in [-0.3, -0.25) is 14.1 Å². The van der Waals surface area contributed by atoms with Crippen LogP contribution in [-0.4, -0.2) is 96.0 Å². The molecule has 0 amide bonds. The summed E-state index contributed by atoms with van der Waals surface area (Å²) >= 11 is 0. The predicted molar refractivity (Wildman–Crippen MR) is 238 cm³/mol. The molecule has 1 fully saturated rings. The highest BCUT2D eigenvalue weighted by Crippen LogP contribution is 2.24. The molecule has 1 heterocycles. The van der Waals surface area contributed by atoms with Crippen LogP contribution in [0.3, 0.4) is 0 Å². The van der Waals surface area contributed by atoms with Crippen LogP contribution in [0.1, 0.15) is 155 Å². The minimum absolute atomic E-state index is 0.0359. The molecule has 0 aromatic heterocycles. The number of allylic oxidation sites excluding steroid dienone is 12. The summed E-state index contributed by atoms with van der Waals surface area (Å²) in [6.45, 7) is 3.63. The average Bonchev–Trinajstić information content (AvgIpc) is 3.21. The Morgan fingerprint density at radius 1 is 0.567 bits per heavy atom. The fraction of sp³-hybridized carbons (Fsp3) is 0.702. The summed E-state index contributed by atoms with van der Waals surface area (Å²) in [6.07, 6.45) is 36.7. The van der Waals surface area contributed by atoms with Gasteiger partial charge in [0.2, 0.25) is 0 Å². The number of carbonyl (C=O) groups excluding carboxylic acids is 2. The highest BCUT2D eigenvalue weighted by atomic mass is 32.2. The van der Waals surface area contributed by atoms with E-state index in [9.17, 15) is 37.9 Å². The zero-order valence-corrected chi connectivity index (χ0v) is 37.3. The number of rotatable bonds is 36. The van der Waals surface area contributed by atoms with E-state index in [4.69, 9.17) is 18.9 Å². The highest BCUT2D eigenvalue weighted by Gasteiger charge is 2.46. The molecule has 0 spiro atoms. The van der Waals surface area contributed by atoms with Crippen LogP contribution in [0.15, 0.2) is 72.9 Å². The van der Waals surface area contributed by atoms with Gasteiger partial charge >= 0.3 is 11.9 Å². The van der Waals surface area contributed by atoms with Crippen LogP contribution in [-0.2, 0) is 38.7 Å². The number of ether oxygens (including phenoxy) is 4. The minimum atomic E-state index is -4.61. The Morgan fingerprint density at radius 3 is 1.60 bits per heavy atom. The van der Waals surface area contributed by atoms with E-state index in [-0.39, 0.29) is 19.4 Å². The summed E-state index contributed by atoms with van der Waals surface area (Å²) in [6, 6.07) is 0. The number of aliphatic hydroxyl groups is 3. The topological polar surface area (TPSA) is 186 Å². The van der Waals surface area contributed by atoms with Crippen molar-refractivity contribution in [2.75, 3.05) is 19.0 Å². The highest BCUT2D eigenvalue weighted by molar-refractivity contribution is 7.85. The summed E-state index contributed by atoms with van der Waals surface area (Å²) in [5, 5.41) is 30.9. The number of unbranched alkanes of at least 4 members (excludes halogenated alkanes) is 12. The van der Waals surface area contributed by atoms with E-state index in [2.05, 4.69) is 68.5 Å². The Balaban J connectivity index is 2.53. The van der Waals surface area contributed by atoms with Crippen molar-refractivity contribution in [2.45, 2.75) is 192 Å². The lowest BCUT2D eigenvalue weighted by Gasteiger charge is -2.40. The van der Waals surface area contributed by atoms with Crippen molar-refractivity contribution in [3.05, 3.63) is 72.9 Å². The molecular weight excluding hydrogens is 789 g/mol. The van der Waals surface area contributed by atoms with E-state index in [1.807, 2.05) is 18.2 Å². The van der Waals surface area contributed by atoms with Crippen molar-refractivity contribution in [3.8, 4) is 0 Å². The van der Waals surface area contributed by atoms with Crippen LogP contribution in [0, 0.1) is 0 Å². The van der Waals surface area contributed by atoms with Crippen molar-refractivity contribution >= 4 is 22.1 Å². The third-order valence-corrected chi connectivity index (χ3v) is 10.5. The number of carbonyl (C=O) groups is 2. The van der Waals surface area contributed by atoms with Gasteiger partial charge in [-0.2, -0.15) is 8.42 Å². The number of hydrogen-bond donors (Lipinski definition) is 4. The van der Waals surface area contributed by atoms with Crippen LogP contribution < -0.4 is 0 Å². The molecule has 0 aliphatic carbocycles. The second kappa shape index (κ2) is 36.7. The molecule has 0 radical (unpaired) electrons. The molecule has 0 aromatic carbocycles. The molecule has 1 rings (SSSR count). The van der Waals surface area contributed by atoms with Gasteiger partial charge in [-0.1, -0.05) is 138 Å². The summed E-state index contributed by atoms with van der Waals surface area (Å²) in [7, 11) is -4.61. The van der Waals surface area contributed by atoms with E-state index >= 15 is 0 Å². The molecule has 0 bridgehead atoms. The maximum Gasteiger partial charge on any atom is 0.306 e. The summed E-state index contributed by atoms with van der Waals surface area (Å²) < 4.78 is 53.9. The van der Waals surface area contributed by atoms with Crippen LogP contribution in [0.4, 0.5) is 0 Å². The lowest BCUT2D eigenvalue weighted by Crippen LogP contribution is -2.60. The molecule has 13 heteroatoms. The SMILES string of the molecule is CCCCC/C=C/C/C=C/C/C=C/C/C=C/C/C=C/CCC(=O)O[C@H](COC(=O)CCCCCCC/C=C/CCCCCC)CO[C@H]1O[C@H](CS(=O)(=O)O)[C@@H](O)C(O)C1O. The first-order chi connectivity index (χ1) is 29.0. The molecule has 0 aromatic rings. The molecule has 344 valence electrons. The zero-order valence-electron chi connectivity index (χ0n) is 36.5. The van der Waals surface area contributed by atoms with Gasteiger partial charge in [-0.15, -0.1) is 0 Å². The van der Waals surface area contributed by atoms with E-state index in [0.29, 0.717) is 19.3 Å². The molecule has 12 nitrogen and oxygen atoms in total. The van der Waals surface area contributed by atoms with Crippen molar-refractivity contribution < 1.29 is 56.8 Å². The third-order valence-electron chi connectivity index (χ3n) is 9.77. The number of hydrogen-bond acceptors (Lipinski definition) is 11. The Kier molecular flexibility index (Phi) is 33.7. The van der Waals surface area contributed by atoms with Gasteiger partial charge < -0.3 is 34.3 Å². The number of esters is 2. The van der Waals surface area contributed by atoms with Gasteiger partial charge in [0.1, 0.15) is 36.8 Å². The fourth-order valence-electron chi connectivity index (χ4n) is 6.24. The van der Waals surface area contributed by atoms with Gasteiger partial charge in [0.15, 0.2) is 12.4 Å². The fourth-order valence-corrected chi connectivity index (χ4v) is 6.93. The van der Waals surface area contributed by atoms with Crippen LogP contribution in [0.25, 0.3) is 0 Å². The van der Waals surface area contributed by atoms with E-state index in [0.717, 1.165) is 64.2 Å². The Bertz CT molecular complexity index is 1390. The molecule has 1 aliphatic heterocycles. The van der Waals surface area contributed by atoms with E-state index in [1.54, 1.807) is 0 Å². The van der Waals surface area contributed by atoms with Gasteiger partial charge in [-0.05, 0) is 77.0 Å². The zero-order chi connectivity index (χ0) is 44.1. The Morgan fingerprint density at radius 2 is 1.03 bits per heavy atom. The second-order valence-corrected chi connectivity index (χ2v) is 16.9. The normalized spacial score (nSPS) is 20.8. The molecule has 4 N–H and O–H groups in total. The Labute approximate surface area is 361 Å². The summed E-state index contributed by atoms with van der Waals surface area (Å²) in [5.74, 6) is -2.11. The first kappa shape index (κ1) is 55.1. The van der Waals surface area contributed by atoms with Crippen LogP contribution in [0.5, 0.6) is 0 Å². The minimum Gasteiger partial charge on any atom is -0.462 e. The molecule has 1 saturated heterocycles. The molecule has 0 saturated carbocycles. The maximum atomic E-state index is 12.8. The van der Waals surface area contributed by atoms with Crippen molar-refractivity contribution in [2.24, 2.45) is 0 Å². The quantitative estimate of drug-likeness (QED) is 0.0203. The van der Waals surface area contributed by atoms with Crippen LogP contribution >= 0.6 is 0 Å². The lowest BCUT2D eigenvalue weighted by atomic mass is 10.00. The van der Waals surface area contributed by atoms with Crippen LogP contribution in [0.2, 0.25) is 0 Å². The van der Waals surface area contributed by atoms with Crippen molar-refractivity contribution in [3.63, 3.8) is 0 Å². The Hall–Kier alpha value is -2.91. The largest absolute Gasteiger partial charge is 0.462 e. The molecular formula is C47H78O12S. The lowest BCUT2D eigenvalue weighted by molar-refractivity contribution is -0.297. The standard InChI is InChI=1S/C47H78O12S/c1-3-5-7-9-11-13-15-17-18-19-20-21-22-24-26-28-30-32-34-36-43(49)58-40(38-57-47-46(52)45(51)44(50)41(59-47)39-60(53,54)55)37-56-42(48)35-33-31-29-27-25-23-16-14-12-10-8-6-4-2/h11,13-14,16-18,20-21,24,26,30,32,40-41,44-47,50-52H,3-10,12,15,19,22-23,25,27-29,31,33-39H2,1-2H3,(H,53,54,55)/b13-11+,16-14+,18-17+,21-20+,26-24+,32-30+/t40-,41-,44-,45?,46?,47+/m1/s1. The third kappa shape index (κ3) is 31.0. The molecule has 1 aliphatic rings. The van der Waals surface area contributed by atoms with Gasteiger partial charge in [0, 0.05) is 12.8 Å². The molecule has 6 atom stereocenters. The monoisotopic (exact) mass is 867 g/mol. The second-order valence-electron chi connectivity index (χ2n) is 15.4. The number of aliphatic hydroxyl groups excluding tert-OH is 3.